The van der Waals surface area contributed by atoms with Crippen LogP contribution in [0.15, 0.2) is 95.7 Å². The average Bonchev–Trinajstić information content (AvgIpc) is 2.63. The van der Waals surface area contributed by atoms with E-state index in [9.17, 15) is 0 Å². The van der Waals surface area contributed by atoms with Gasteiger partial charge in [-0.1, -0.05) is 73.8 Å². The van der Waals surface area contributed by atoms with Crippen LogP contribution in [0.4, 0.5) is 0 Å². The third-order valence-corrected chi connectivity index (χ3v) is 5.15. The summed E-state index contributed by atoms with van der Waals surface area (Å²) in [5.41, 5.74) is 5.83. The Labute approximate surface area is 153 Å². The third kappa shape index (κ3) is 5.19. The normalized spacial score (nSPS) is 26.1. The first-order valence-corrected chi connectivity index (χ1v) is 9.67. The molecule has 130 valence electrons. The van der Waals surface area contributed by atoms with Gasteiger partial charge in [0.05, 0.1) is 0 Å². The molecule has 0 N–H and O–H groups in total. The van der Waals surface area contributed by atoms with Crippen LogP contribution in [0, 0.1) is 11.8 Å². The van der Waals surface area contributed by atoms with Gasteiger partial charge in [0.15, 0.2) is 0 Å². The van der Waals surface area contributed by atoms with Gasteiger partial charge in [0, 0.05) is 0 Å². The molecular weight excluding hydrogens is 300 g/mol. The van der Waals surface area contributed by atoms with Crippen LogP contribution in [0.2, 0.25) is 0 Å². The molecule has 3 rings (SSSR count). The molecule has 0 aromatic heterocycles. The van der Waals surface area contributed by atoms with Crippen LogP contribution in [-0.2, 0) is 0 Å². The van der Waals surface area contributed by atoms with E-state index in [2.05, 4.69) is 80.3 Å². The fourth-order valence-corrected chi connectivity index (χ4v) is 3.88. The van der Waals surface area contributed by atoms with Crippen molar-refractivity contribution in [3.63, 3.8) is 0 Å². The molecule has 25 heavy (non-hydrogen) atoms. The van der Waals surface area contributed by atoms with E-state index in [1.165, 1.54) is 41.6 Å². The summed E-state index contributed by atoms with van der Waals surface area (Å²) in [5, 5.41) is 0. The molecule has 0 amide bonds. The maximum atomic E-state index is 3.94. The van der Waals surface area contributed by atoms with E-state index in [0.29, 0.717) is 11.8 Å². The summed E-state index contributed by atoms with van der Waals surface area (Å²) in [6, 6.07) is 0. The lowest BCUT2D eigenvalue weighted by atomic mass is 9.82. The quantitative estimate of drug-likeness (QED) is 0.452. The SMILES string of the molecule is C=CCC1C=C(C=CCC2=CC(C)CC=C2)C=C(C2=CC=CCC2)C1. The largest absolute Gasteiger partial charge is 0.103 e. The predicted molar refractivity (Wildman–Crippen MR) is 110 cm³/mol. The standard InChI is InChI=1S/C25H30/c1-3-9-22-17-23(13-8-12-21-11-7-10-20(2)16-21)19-25(18-22)24-14-5-4-6-15-24/h3-5,7-8,11,13-14,16-17,19-20,22H,1,6,9-10,12,15,18H2,2H3. The van der Waals surface area contributed by atoms with Crippen molar-refractivity contribution in [2.75, 3.05) is 0 Å². The van der Waals surface area contributed by atoms with Crippen molar-refractivity contribution in [1.29, 1.82) is 0 Å². The molecule has 2 unspecified atom stereocenters. The van der Waals surface area contributed by atoms with Crippen molar-refractivity contribution in [3.8, 4) is 0 Å². The van der Waals surface area contributed by atoms with Crippen molar-refractivity contribution >= 4 is 0 Å². The van der Waals surface area contributed by atoms with Crippen LogP contribution in [0.5, 0.6) is 0 Å². The third-order valence-electron chi connectivity index (χ3n) is 5.15. The van der Waals surface area contributed by atoms with Gasteiger partial charge >= 0.3 is 0 Å². The molecule has 0 heteroatoms. The van der Waals surface area contributed by atoms with E-state index in [1.807, 2.05) is 0 Å². The minimum absolute atomic E-state index is 0.581. The first-order valence-electron chi connectivity index (χ1n) is 9.67. The van der Waals surface area contributed by atoms with Gasteiger partial charge in [-0.3, -0.25) is 0 Å². The number of rotatable bonds is 6. The van der Waals surface area contributed by atoms with Gasteiger partial charge in [-0.05, 0) is 72.7 Å². The Bertz CT molecular complexity index is 700. The second-order valence-corrected chi connectivity index (χ2v) is 7.45. The molecule has 3 aliphatic rings. The number of allylic oxidation sites excluding steroid dienone is 15. The summed E-state index contributed by atoms with van der Waals surface area (Å²) in [6.07, 6.45) is 32.0. The van der Waals surface area contributed by atoms with Gasteiger partial charge in [0.1, 0.15) is 0 Å². The Kier molecular flexibility index (Phi) is 6.28. The zero-order chi connectivity index (χ0) is 17.5. The van der Waals surface area contributed by atoms with Gasteiger partial charge in [-0.2, -0.15) is 0 Å². The van der Waals surface area contributed by atoms with E-state index in [0.717, 1.165) is 19.3 Å². The second kappa shape index (κ2) is 8.85. The zero-order valence-electron chi connectivity index (χ0n) is 15.5. The Morgan fingerprint density at radius 1 is 1.20 bits per heavy atom. The summed E-state index contributed by atoms with van der Waals surface area (Å²) >= 11 is 0. The molecule has 0 saturated heterocycles. The Morgan fingerprint density at radius 3 is 2.88 bits per heavy atom. The van der Waals surface area contributed by atoms with E-state index < -0.39 is 0 Å². The maximum Gasteiger partial charge on any atom is -0.00973 e. The molecule has 0 saturated carbocycles. The van der Waals surface area contributed by atoms with Crippen LogP contribution in [0.25, 0.3) is 0 Å². The van der Waals surface area contributed by atoms with E-state index in [4.69, 9.17) is 0 Å². The predicted octanol–water partition coefficient (Wildman–Crippen LogP) is 7.18. The van der Waals surface area contributed by atoms with Gasteiger partial charge < -0.3 is 0 Å². The molecule has 0 heterocycles. The molecule has 0 fully saturated rings. The van der Waals surface area contributed by atoms with Crippen LogP contribution in [0.1, 0.15) is 45.4 Å². The van der Waals surface area contributed by atoms with Gasteiger partial charge in [0.2, 0.25) is 0 Å². The highest BCUT2D eigenvalue weighted by atomic mass is 14.2. The van der Waals surface area contributed by atoms with Gasteiger partial charge in [-0.15, -0.1) is 6.58 Å². The van der Waals surface area contributed by atoms with Crippen molar-refractivity contribution in [2.24, 2.45) is 11.8 Å². The molecule has 0 aromatic carbocycles. The van der Waals surface area contributed by atoms with Crippen LogP contribution in [-0.4, -0.2) is 0 Å². The topological polar surface area (TPSA) is 0 Å². The number of hydrogen-bond acceptors (Lipinski definition) is 0. The summed E-state index contributed by atoms with van der Waals surface area (Å²) < 4.78 is 0. The smallest absolute Gasteiger partial charge is 0.00973 e. The minimum Gasteiger partial charge on any atom is -0.103 e. The van der Waals surface area contributed by atoms with E-state index in [-0.39, 0.29) is 0 Å². The Morgan fingerprint density at radius 2 is 2.12 bits per heavy atom. The average molecular weight is 331 g/mol. The summed E-state index contributed by atoms with van der Waals surface area (Å²) in [5.74, 6) is 1.26. The lowest BCUT2D eigenvalue weighted by Gasteiger charge is -2.22. The second-order valence-electron chi connectivity index (χ2n) is 7.45. The van der Waals surface area contributed by atoms with Crippen molar-refractivity contribution < 1.29 is 0 Å². The Hall–Kier alpha value is -2.08. The molecule has 0 aromatic rings. The van der Waals surface area contributed by atoms with Gasteiger partial charge in [0.25, 0.3) is 0 Å². The summed E-state index contributed by atoms with van der Waals surface area (Å²) in [6.45, 7) is 6.23. The fourth-order valence-electron chi connectivity index (χ4n) is 3.88. The molecule has 3 aliphatic carbocycles. The highest BCUT2D eigenvalue weighted by Gasteiger charge is 2.16. The molecule has 0 nitrogen and oxygen atoms in total. The van der Waals surface area contributed by atoms with Crippen LogP contribution in [0.3, 0.4) is 0 Å². The monoisotopic (exact) mass is 330 g/mol. The Balaban J connectivity index is 1.72. The number of hydrogen-bond donors (Lipinski definition) is 0. The van der Waals surface area contributed by atoms with E-state index >= 15 is 0 Å². The lowest BCUT2D eigenvalue weighted by molar-refractivity contribution is 0.642. The van der Waals surface area contributed by atoms with Gasteiger partial charge in [-0.25, -0.2) is 0 Å². The molecule has 2 atom stereocenters. The minimum atomic E-state index is 0.581. The van der Waals surface area contributed by atoms with E-state index in [1.54, 1.807) is 0 Å². The highest BCUT2D eigenvalue weighted by molar-refractivity contribution is 5.47. The maximum absolute atomic E-state index is 3.94. The molecule has 0 aliphatic heterocycles. The first-order chi connectivity index (χ1) is 12.2. The van der Waals surface area contributed by atoms with Crippen molar-refractivity contribution in [1.82, 2.24) is 0 Å². The fraction of sp³-hybridized carbons (Fsp3) is 0.360. The lowest BCUT2D eigenvalue weighted by Crippen LogP contribution is -2.06. The summed E-state index contributed by atoms with van der Waals surface area (Å²) in [7, 11) is 0. The zero-order valence-corrected chi connectivity index (χ0v) is 15.5. The molecular formula is C25H30. The summed E-state index contributed by atoms with van der Waals surface area (Å²) in [4.78, 5) is 0. The first kappa shape index (κ1) is 17.7. The van der Waals surface area contributed by atoms with Crippen molar-refractivity contribution in [3.05, 3.63) is 95.7 Å². The molecule has 0 radical (unpaired) electrons. The van der Waals surface area contributed by atoms with Crippen molar-refractivity contribution in [2.45, 2.75) is 45.4 Å². The van der Waals surface area contributed by atoms with Crippen LogP contribution >= 0.6 is 0 Å². The molecule has 0 spiro atoms. The highest BCUT2D eigenvalue weighted by Crippen LogP contribution is 2.33. The molecule has 0 bridgehead atoms. The van der Waals surface area contributed by atoms with Crippen LogP contribution < -0.4 is 0 Å².